The predicted molar refractivity (Wildman–Crippen MR) is 38.3 cm³/mol. The van der Waals surface area contributed by atoms with Crippen molar-refractivity contribution in [2.45, 2.75) is 37.9 Å². The Hall–Kier alpha value is -0.570. The van der Waals surface area contributed by atoms with Crippen LogP contribution < -0.4 is 0 Å². The lowest BCUT2D eigenvalue weighted by atomic mass is 9.87. The van der Waals surface area contributed by atoms with Crippen LogP contribution in [0.3, 0.4) is 0 Å². The molecule has 0 amide bonds. The number of fused-ring (bicyclic) bond motifs is 2. The normalized spacial score (nSPS) is 41.3. The maximum atomic E-state index is 10.4. The molecule has 62 valence electrons. The van der Waals surface area contributed by atoms with E-state index >= 15 is 0 Å². The highest BCUT2D eigenvalue weighted by atomic mass is 16.5. The van der Waals surface area contributed by atoms with E-state index in [0.717, 1.165) is 19.3 Å². The van der Waals surface area contributed by atoms with Crippen LogP contribution in [0.5, 0.6) is 0 Å². The highest BCUT2D eigenvalue weighted by Gasteiger charge is 2.41. The van der Waals surface area contributed by atoms with E-state index in [0.29, 0.717) is 18.4 Å². The van der Waals surface area contributed by atoms with Gasteiger partial charge in [0.1, 0.15) is 0 Å². The molecule has 3 nitrogen and oxygen atoms in total. The molecule has 2 fully saturated rings. The molecule has 0 spiro atoms. The minimum absolute atomic E-state index is 0.260. The van der Waals surface area contributed by atoms with Crippen molar-refractivity contribution in [3.8, 4) is 0 Å². The molecule has 0 radical (unpaired) electrons. The topological polar surface area (TPSA) is 46.5 Å². The van der Waals surface area contributed by atoms with Crippen LogP contribution in [0.15, 0.2) is 0 Å². The van der Waals surface area contributed by atoms with Crippen LogP contribution >= 0.6 is 0 Å². The van der Waals surface area contributed by atoms with Gasteiger partial charge < -0.3 is 9.84 Å². The second kappa shape index (κ2) is 2.48. The number of ether oxygens (including phenoxy) is 1. The fraction of sp³-hybridized carbons (Fsp3) is 0.875. The number of aliphatic carboxylic acids is 1. The minimum atomic E-state index is -0.689. The Morgan fingerprint density at radius 2 is 2.36 bits per heavy atom. The Morgan fingerprint density at radius 1 is 1.55 bits per heavy atom. The predicted octanol–water partition coefficient (Wildman–Crippen LogP) is 1.03. The number of carboxylic acids is 1. The lowest BCUT2D eigenvalue weighted by Gasteiger charge is -2.15. The molecule has 2 bridgehead atoms. The van der Waals surface area contributed by atoms with Crippen LogP contribution in [0.4, 0.5) is 0 Å². The van der Waals surface area contributed by atoms with Crippen LogP contribution in [0.2, 0.25) is 0 Å². The molecule has 0 unspecified atom stereocenters. The monoisotopic (exact) mass is 156 g/mol. The summed E-state index contributed by atoms with van der Waals surface area (Å²) in [5, 5.41) is 8.55. The lowest BCUT2D eigenvalue weighted by Crippen LogP contribution is -2.19. The first-order valence-electron chi connectivity index (χ1n) is 4.13. The number of rotatable bonds is 2. The number of carboxylic acid groups (broad SMARTS) is 1. The van der Waals surface area contributed by atoms with Gasteiger partial charge in [0.25, 0.3) is 0 Å². The third kappa shape index (κ3) is 1.25. The molecule has 3 atom stereocenters. The van der Waals surface area contributed by atoms with E-state index in [-0.39, 0.29) is 6.10 Å². The fourth-order valence-corrected chi connectivity index (χ4v) is 2.18. The Morgan fingerprint density at radius 3 is 2.82 bits per heavy atom. The van der Waals surface area contributed by atoms with Crippen molar-refractivity contribution in [1.29, 1.82) is 0 Å². The molecule has 2 heterocycles. The Balaban J connectivity index is 1.92. The van der Waals surface area contributed by atoms with Gasteiger partial charge >= 0.3 is 5.97 Å². The van der Waals surface area contributed by atoms with Crippen molar-refractivity contribution in [3.05, 3.63) is 0 Å². The van der Waals surface area contributed by atoms with Crippen LogP contribution in [0.1, 0.15) is 25.7 Å². The zero-order chi connectivity index (χ0) is 7.84. The smallest absolute Gasteiger partial charge is 0.303 e. The summed E-state index contributed by atoms with van der Waals surface area (Å²) in [6.07, 6.45) is 4.11. The second-order valence-corrected chi connectivity index (χ2v) is 3.47. The zero-order valence-electron chi connectivity index (χ0n) is 6.32. The molecule has 1 N–H and O–H groups in total. The van der Waals surface area contributed by atoms with E-state index < -0.39 is 5.97 Å². The van der Waals surface area contributed by atoms with Crippen LogP contribution in [-0.4, -0.2) is 23.3 Å². The highest BCUT2D eigenvalue weighted by molar-refractivity contribution is 5.67. The fourth-order valence-electron chi connectivity index (χ4n) is 2.18. The van der Waals surface area contributed by atoms with Gasteiger partial charge in [0, 0.05) is 0 Å². The van der Waals surface area contributed by atoms with Crippen molar-refractivity contribution in [2.24, 2.45) is 5.92 Å². The molecule has 2 saturated heterocycles. The van der Waals surface area contributed by atoms with E-state index in [9.17, 15) is 4.79 Å². The first kappa shape index (κ1) is 7.10. The molecule has 0 aliphatic carbocycles. The minimum Gasteiger partial charge on any atom is -0.481 e. The molecule has 3 heteroatoms. The summed E-state index contributed by atoms with van der Waals surface area (Å²) in [7, 11) is 0. The van der Waals surface area contributed by atoms with E-state index in [1.807, 2.05) is 0 Å². The van der Waals surface area contributed by atoms with E-state index in [1.54, 1.807) is 0 Å². The molecular formula is C8H12O3. The average molecular weight is 156 g/mol. The lowest BCUT2D eigenvalue weighted by molar-refractivity contribution is -0.138. The summed E-state index contributed by atoms with van der Waals surface area (Å²) in [5.41, 5.74) is 0. The van der Waals surface area contributed by atoms with Crippen LogP contribution in [-0.2, 0) is 9.53 Å². The molecule has 2 aliphatic rings. The van der Waals surface area contributed by atoms with Gasteiger partial charge in [-0.05, 0) is 25.2 Å². The number of hydrogen-bond acceptors (Lipinski definition) is 2. The number of carbonyl (C=O) groups is 1. The van der Waals surface area contributed by atoms with Gasteiger partial charge in [-0.25, -0.2) is 0 Å². The SMILES string of the molecule is O=C(O)C[C@H]1C[C@@H]2CC[C@H]1O2. The number of hydrogen-bond donors (Lipinski definition) is 1. The van der Waals surface area contributed by atoms with Crippen molar-refractivity contribution < 1.29 is 14.6 Å². The van der Waals surface area contributed by atoms with Gasteiger partial charge in [-0.1, -0.05) is 0 Å². The molecule has 0 aromatic carbocycles. The van der Waals surface area contributed by atoms with Crippen molar-refractivity contribution in [3.63, 3.8) is 0 Å². The third-order valence-electron chi connectivity index (χ3n) is 2.67. The van der Waals surface area contributed by atoms with Gasteiger partial charge in [0.15, 0.2) is 0 Å². The molecule has 0 aromatic rings. The Labute approximate surface area is 65.4 Å². The largest absolute Gasteiger partial charge is 0.481 e. The first-order valence-corrected chi connectivity index (χ1v) is 4.13. The van der Waals surface area contributed by atoms with Crippen molar-refractivity contribution in [2.75, 3.05) is 0 Å². The molecule has 0 aromatic heterocycles. The third-order valence-corrected chi connectivity index (χ3v) is 2.67. The quantitative estimate of drug-likeness (QED) is 0.649. The van der Waals surface area contributed by atoms with Crippen molar-refractivity contribution in [1.82, 2.24) is 0 Å². The van der Waals surface area contributed by atoms with Gasteiger partial charge in [-0.2, -0.15) is 0 Å². The van der Waals surface area contributed by atoms with Crippen LogP contribution in [0.25, 0.3) is 0 Å². The second-order valence-electron chi connectivity index (χ2n) is 3.47. The standard InChI is InChI=1S/C8H12O3/c9-8(10)4-5-3-6-1-2-7(5)11-6/h5-7H,1-4H2,(H,9,10)/t5-,6+,7-/m1/s1. The van der Waals surface area contributed by atoms with E-state index in [2.05, 4.69) is 0 Å². The maximum absolute atomic E-state index is 10.4. The van der Waals surface area contributed by atoms with Gasteiger partial charge in [0.2, 0.25) is 0 Å². The Kier molecular flexibility index (Phi) is 1.60. The summed E-state index contributed by atoms with van der Waals surface area (Å²) in [6, 6.07) is 0. The highest BCUT2D eigenvalue weighted by Crippen LogP contribution is 2.40. The van der Waals surface area contributed by atoms with E-state index in [1.165, 1.54) is 0 Å². The van der Waals surface area contributed by atoms with Crippen LogP contribution in [0, 0.1) is 5.92 Å². The van der Waals surface area contributed by atoms with E-state index in [4.69, 9.17) is 9.84 Å². The summed E-state index contributed by atoms with van der Waals surface area (Å²) >= 11 is 0. The molecule has 11 heavy (non-hydrogen) atoms. The van der Waals surface area contributed by atoms with Gasteiger partial charge in [0.05, 0.1) is 18.6 Å². The average Bonchev–Trinajstić information content (AvgIpc) is 2.45. The molecule has 2 aliphatic heterocycles. The van der Waals surface area contributed by atoms with Gasteiger partial charge in [-0.3, -0.25) is 4.79 Å². The maximum Gasteiger partial charge on any atom is 0.303 e. The summed E-state index contributed by atoms with van der Waals surface area (Å²) in [5.74, 6) is -0.391. The summed E-state index contributed by atoms with van der Waals surface area (Å²) in [4.78, 5) is 10.4. The summed E-state index contributed by atoms with van der Waals surface area (Å²) in [6.45, 7) is 0. The van der Waals surface area contributed by atoms with Gasteiger partial charge in [-0.15, -0.1) is 0 Å². The summed E-state index contributed by atoms with van der Waals surface area (Å²) < 4.78 is 5.52. The molecular weight excluding hydrogens is 144 g/mol. The zero-order valence-corrected chi connectivity index (χ0v) is 6.32. The Bertz CT molecular complexity index is 178. The molecule has 0 saturated carbocycles. The first-order chi connectivity index (χ1) is 5.25. The van der Waals surface area contributed by atoms with Crippen molar-refractivity contribution >= 4 is 5.97 Å². The molecule has 2 rings (SSSR count).